The first-order valence-electron chi connectivity index (χ1n) is 8.10. The predicted octanol–water partition coefficient (Wildman–Crippen LogP) is 2.51. The maximum absolute atomic E-state index is 3.54. The van der Waals surface area contributed by atoms with Crippen molar-refractivity contribution in [1.82, 2.24) is 15.1 Å². The number of nitrogens with zero attached hydrogens (tertiary/aromatic N) is 2. The molecule has 0 aliphatic carbocycles. The molecule has 2 atom stereocenters. The van der Waals surface area contributed by atoms with Crippen LogP contribution in [0.2, 0.25) is 0 Å². The Morgan fingerprint density at radius 2 is 1.81 bits per heavy atom. The molecule has 0 saturated carbocycles. The Hall–Kier alpha value is -0.900. The van der Waals surface area contributed by atoms with Crippen molar-refractivity contribution >= 4 is 0 Å². The molecule has 1 heterocycles. The van der Waals surface area contributed by atoms with Crippen LogP contribution in [0.25, 0.3) is 0 Å². The fourth-order valence-electron chi connectivity index (χ4n) is 3.62. The SMILES string of the molecule is CNC(CN1CCN(C)C(C)C1)c1c(C)cc(C)cc1C. The van der Waals surface area contributed by atoms with Crippen molar-refractivity contribution in [3.05, 3.63) is 34.4 Å². The molecule has 0 spiro atoms. The molecule has 0 amide bonds. The van der Waals surface area contributed by atoms with Crippen molar-refractivity contribution in [1.29, 1.82) is 0 Å². The zero-order chi connectivity index (χ0) is 15.6. The molecular weight excluding hydrogens is 258 g/mol. The summed E-state index contributed by atoms with van der Waals surface area (Å²) in [5.74, 6) is 0. The third-order valence-electron chi connectivity index (χ3n) is 4.92. The molecule has 0 bridgehead atoms. The molecule has 1 aromatic carbocycles. The molecular formula is C18H31N3. The van der Waals surface area contributed by atoms with Gasteiger partial charge in [-0.25, -0.2) is 0 Å². The van der Waals surface area contributed by atoms with Gasteiger partial charge in [-0.1, -0.05) is 17.7 Å². The van der Waals surface area contributed by atoms with E-state index in [-0.39, 0.29) is 0 Å². The van der Waals surface area contributed by atoms with Crippen molar-refractivity contribution < 1.29 is 0 Å². The lowest BCUT2D eigenvalue weighted by Crippen LogP contribution is -2.51. The molecule has 1 fully saturated rings. The molecule has 2 unspecified atom stereocenters. The molecule has 118 valence electrons. The van der Waals surface area contributed by atoms with Crippen molar-refractivity contribution in [2.75, 3.05) is 40.3 Å². The maximum atomic E-state index is 3.54. The summed E-state index contributed by atoms with van der Waals surface area (Å²) in [5, 5.41) is 3.54. The van der Waals surface area contributed by atoms with Gasteiger partial charge in [0.15, 0.2) is 0 Å². The number of hydrogen-bond acceptors (Lipinski definition) is 3. The Kier molecular flexibility index (Phi) is 5.42. The van der Waals surface area contributed by atoms with Crippen LogP contribution in [0.1, 0.15) is 35.2 Å². The highest BCUT2D eigenvalue weighted by Crippen LogP contribution is 2.25. The van der Waals surface area contributed by atoms with Crippen LogP contribution in [0.15, 0.2) is 12.1 Å². The van der Waals surface area contributed by atoms with Crippen molar-refractivity contribution in [3.63, 3.8) is 0 Å². The van der Waals surface area contributed by atoms with E-state index in [1.165, 1.54) is 41.9 Å². The minimum atomic E-state index is 0.418. The monoisotopic (exact) mass is 289 g/mol. The van der Waals surface area contributed by atoms with Crippen LogP contribution in [0.5, 0.6) is 0 Å². The van der Waals surface area contributed by atoms with Gasteiger partial charge in [0.25, 0.3) is 0 Å². The average molecular weight is 289 g/mol. The second kappa shape index (κ2) is 6.91. The molecule has 1 aromatic rings. The summed E-state index contributed by atoms with van der Waals surface area (Å²) < 4.78 is 0. The van der Waals surface area contributed by atoms with Crippen molar-refractivity contribution in [2.45, 2.75) is 39.8 Å². The first-order chi connectivity index (χ1) is 9.92. The smallest absolute Gasteiger partial charge is 0.0452 e. The first kappa shape index (κ1) is 16.5. The zero-order valence-corrected chi connectivity index (χ0v) is 14.5. The van der Waals surface area contributed by atoms with Gasteiger partial charge in [-0.05, 0) is 58.5 Å². The van der Waals surface area contributed by atoms with E-state index in [4.69, 9.17) is 0 Å². The molecule has 3 nitrogen and oxygen atoms in total. The first-order valence-corrected chi connectivity index (χ1v) is 8.10. The number of hydrogen-bond donors (Lipinski definition) is 1. The van der Waals surface area contributed by atoms with E-state index in [2.05, 4.69) is 69.0 Å². The molecule has 0 radical (unpaired) electrons. The normalized spacial score (nSPS) is 22.5. The number of benzene rings is 1. The summed E-state index contributed by atoms with van der Waals surface area (Å²) in [5.41, 5.74) is 5.66. The van der Waals surface area contributed by atoms with Crippen LogP contribution in [0.3, 0.4) is 0 Å². The summed E-state index contributed by atoms with van der Waals surface area (Å²) in [4.78, 5) is 5.05. The number of likely N-dealkylation sites (N-methyl/N-ethyl adjacent to an activating group) is 2. The van der Waals surface area contributed by atoms with Gasteiger partial charge < -0.3 is 10.2 Å². The Balaban J connectivity index is 2.14. The fraction of sp³-hybridized carbons (Fsp3) is 0.667. The quantitative estimate of drug-likeness (QED) is 0.919. The van der Waals surface area contributed by atoms with E-state index in [0.717, 1.165) is 6.54 Å². The number of piperazine rings is 1. The molecule has 0 aromatic heterocycles. The molecule has 3 heteroatoms. The topological polar surface area (TPSA) is 18.5 Å². The Morgan fingerprint density at radius 3 is 2.33 bits per heavy atom. The average Bonchev–Trinajstić information content (AvgIpc) is 2.40. The van der Waals surface area contributed by atoms with Crippen LogP contribution in [-0.2, 0) is 0 Å². The van der Waals surface area contributed by atoms with Crippen LogP contribution in [0, 0.1) is 20.8 Å². The van der Waals surface area contributed by atoms with Gasteiger partial charge in [-0.15, -0.1) is 0 Å². The van der Waals surface area contributed by atoms with Gasteiger partial charge in [-0.2, -0.15) is 0 Å². The predicted molar refractivity (Wildman–Crippen MR) is 91.0 cm³/mol. The van der Waals surface area contributed by atoms with Crippen LogP contribution in [-0.4, -0.2) is 56.1 Å². The van der Waals surface area contributed by atoms with E-state index in [1.54, 1.807) is 0 Å². The second-order valence-corrected chi connectivity index (χ2v) is 6.74. The number of aryl methyl sites for hydroxylation is 3. The van der Waals surface area contributed by atoms with Crippen molar-refractivity contribution in [2.24, 2.45) is 0 Å². The van der Waals surface area contributed by atoms with Gasteiger partial charge >= 0.3 is 0 Å². The third kappa shape index (κ3) is 3.85. The molecule has 1 aliphatic heterocycles. The van der Waals surface area contributed by atoms with Crippen molar-refractivity contribution in [3.8, 4) is 0 Å². The molecule has 1 aliphatic rings. The van der Waals surface area contributed by atoms with Gasteiger partial charge in [-0.3, -0.25) is 4.90 Å². The highest BCUT2D eigenvalue weighted by molar-refractivity contribution is 5.39. The van der Waals surface area contributed by atoms with Crippen LogP contribution >= 0.6 is 0 Å². The largest absolute Gasteiger partial charge is 0.312 e. The van der Waals surface area contributed by atoms with Crippen LogP contribution in [0.4, 0.5) is 0 Å². The minimum absolute atomic E-state index is 0.418. The van der Waals surface area contributed by atoms with Crippen LogP contribution < -0.4 is 5.32 Å². The van der Waals surface area contributed by atoms with Gasteiger partial charge in [0.05, 0.1) is 0 Å². The molecule has 2 rings (SSSR count). The lowest BCUT2D eigenvalue weighted by atomic mass is 9.93. The Labute approximate surface area is 130 Å². The second-order valence-electron chi connectivity index (χ2n) is 6.74. The van der Waals surface area contributed by atoms with Gasteiger partial charge in [0.1, 0.15) is 0 Å². The van der Waals surface area contributed by atoms with E-state index in [0.29, 0.717) is 12.1 Å². The van der Waals surface area contributed by atoms with E-state index < -0.39 is 0 Å². The highest BCUT2D eigenvalue weighted by Gasteiger charge is 2.24. The fourth-order valence-corrected chi connectivity index (χ4v) is 3.62. The summed E-state index contributed by atoms with van der Waals surface area (Å²) in [7, 11) is 4.31. The lowest BCUT2D eigenvalue weighted by Gasteiger charge is -2.39. The van der Waals surface area contributed by atoms with E-state index >= 15 is 0 Å². The summed E-state index contributed by atoms with van der Waals surface area (Å²) >= 11 is 0. The summed E-state index contributed by atoms with van der Waals surface area (Å²) in [6.45, 7) is 13.6. The molecule has 1 N–H and O–H groups in total. The Bertz CT molecular complexity index is 460. The summed E-state index contributed by atoms with van der Waals surface area (Å²) in [6.07, 6.45) is 0. The van der Waals surface area contributed by atoms with E-state index in [9.17, 15) is 0 Å². The maximum Gasteiger partial charge on any atom is 0.0452 e. The standard InChI is InChI=1S/C18H31N3/c1-13-9-14(2)18(15(3)10-13)17(19-5)12-21-8-7-20(6)16(4)11-21/h9-10,16-17,19H,7-8,11-12H2,1-6H3. The van der Waals surface area contributed by atoms with Gasteiger partial charge in [0.2, 0.25) is 0 Å². The van der Waals surface area contributed by atoms with Gasteiger partial charge in [0, 0.05) is 38.3 Å². The Morgan fingerprint density at radius 1 is 1.19 bits per heavy atom. The highest BCUT2D eigenvalue weighted by atomic mass is 15.3. The number of rotatable bonds is 4. The minimum Gasteiger partial charge on any atom is -0.312 e. The molecule has 21 heavy (non-hydrogen) atoms. The lowest BCUT2D eigenvalue weighted by molar-refractivity contribution is 0.0976. The third-order valence-corrected chi connectivity index (χ3v) is 4.92. The number of nitrogens with one attached hydrogen (secondary N) is 1. The summed E-state index contributed by atoms with van der Waals surface area (Å²) in [6, 6.07) is 5.68. The molecule has 1 saturated heterocycles. The van der Waals surface area contributed by atoms with E-state index in [1.807, 2.05) is 0 Å². The zero-order valence-electron chi connectivity index (χ0n) is 14.5.